The summed E-state index contributed by atoms with van der Waals surface area (Å²) in [6, 6.07) is 11.5. The van der Waals surface area contributed by atoms with Crippen LogP contribution in [0.4, 0.5) is 0 Å². The SMILES string of the molecule is Cc1ccc(OCC(=O)NCC(c2ccc(C)o2)N(C)C)cc1.Cl. The van der Waals surface area contributed by atoms with Gasteiger partial charge < -0.3 is 14.5 Å². The zero-order chi connectivity index (χ0) is 16.8. The lowest BCUT2D eigenvalue weighted by atomic mass is 10.2. The van der Waals surface area contributed by atoms with Crippen LogP contribution in [0.5, 0.6) is 5.75 Å². The van der Waals surface area contributed by atoms with Crippen LogP contribution in [-0.4, -0.2) is 38.1 Å². The third-order valence-electron chi connectivity index (χ3n) is 3.60. The van der Waals surface area contributed by atoms with Gasteiger partial charge in [-0.05, 0) is 52.2 Å². The molecule has 2 rings (SSSR count). The molecule has 0 aliphatic heterocycles. The van der Waals surface area contributed by atoms with Gasteiger partial charge >= 0.3 is 0 Å². The van der Waals surface area contributed by atoms with Crippen LogP contribution in [0.3, 0.4) is 0 Å². The minimum absolute atomic E-state index is 0. The molecule has 0 aliphatic carbocycles. The molecule has 1 amide bonds. The number of nitrogens with zero attached hydrogens (tertiary/aromatic N) is 1. The van der Waals surface area contributed by atoms with Crippen molar-refractivity contribution in [2.24, 2.45) is 0 Å². The molecule has 24 heavy (non-hydrogen) atoms. The van der Waals surface area contributed by atoms with Crippen molar-refractivity contribution >= 4 is 18.3 Å². The number of furan rings is 1. The van der Waals surface area contributed by atoms with Crippen molar-refractivity contribution in [3.8, 4) is 5.75 Å². The molecule has 0 fully saturated rings. The van der Waals surface area contributed by atoms with E-state index in [1.807, 2.05) is 69.2 Å². The van der Waals surface area contributed by atoms with Crippen LogP contribution < -0.4 is 10.1 Å². The summed E-state index contributed by atoms with van der Waals surface area (Å²) in [6.07, 6.45) is 0. The van der Waals surface area contributed by atoms with Crippen LogP contribution in [-0.2, 0) is 4.79 Å². The lowest BCUT2D eigenvalue weighted by molar-refractivity contribution is -0.123. The van der Waals surface area contributed by atoms with E-state index in [4.69, 9.17) is 9.15 Å². The Balaban J connectivity index is 0.00000288. The predicted octanol–water partition coefficient (Wildman–Crippen LogP) is 3.12. The van der Waals surface area contributed by atoms with E-state index in [1.165, 1.54) is 0 Å². The summed E-state index contributed by atoms with van der Waals surface area (Å²) in [5.41, 5.74) is 1.16. The summed E-state index contributed by atoms with van der Waals surface area (Å²) in [7, 11) is 3.91. The monoisotopic (exact) mass is 352 g/mol. The molecule has 0 aliphatic rings. The van der Waals surface area contributed by atoms with Gasteiger partial charge in [-0.2, -0.15) is 0 Å². The van der Waals surface area contributed by atoms with Crippen LogP contribution in [0.2, 0.25) is 0 Å². The highest BCUT2D eigenvalue weighted by Crippen LogP contribution is 2.19. The highest BCUT2D eigenvalue weighted by Gasteiger charge is 2.18. The number of ether oxygens (including phenoxy) is 1. The van der Waals surface area contributed by atoms with E-state index in [-0.39, 0.29) is 31.0 Å². The highest BCUT2D eigenvalue weighted by atomic mass is 35.5. The highest BCUT2D eigenvalue weighted by molar-refractivity contribution is 5.85. The third-order valence-corrected chi connectivity index (χ3v) is 3.60. The number of benzene rings is 1. The quantitative estimate of drug-likeness (QED) is 0.831. The third kappa shape index (κ3) is 5.91. The number of likely N-dealkylation sites (N-methyl/N-ethyl adjacent to an activating group) is 1. The minimum atomic E-state index is -0.152. The summed E-state index contributed by atoms with van der Waals surface area (Å²) in [5, 5.41) is 2.89. The zero-order valence-electron chi connectivity index (χ0n) is 14.5. The first kappa shape index (κ1) is 20.1. The van der Waals surface area contributed by atoms with Gasteiger partial charge in [0.15, 0.2) is 6.61 Å². The lowest BCUT2D eigenvalue weighted by Gasteiger charge is -2.22. The van der Waals surface area contributed by atoms with Gasteiger partial charge in [-0.25, -0.2) is 0 Å². The van der Waals surface area contributed by atoms with Crippen LogP contribution in [0.1, 0.15) is 23.1 Å². The Morgan fingerprint density at radius 1 is 1.17 bits per heavy atom. The Bertz CT molecular complexity index is 638. The molecule has 0 radical (unpaired) electrons. The maximum Gasteiger partial charge on any atom is 0.258 e. The fourth-order valence-corrected chi connectivity index (χ4v) is 2.22. The second-order valence-electron chi connectivity index (χ2n) is 5.83. The summed E-state index contributed by atoms with van der Waals surface area (Å²) < 4.78 is 11.1. The molecule has 1 aromatic heterocycles. The molecule has 0 spiro atoms. The summed E-state index contributed by atoms with van der Waals surface area (Å²) in [6.45, 7) is 4.38. The number of carbonyl (C=O) groups excluding carboxylic acids is 1. The van der Waals surface area contributed by atoms with Gasteiger partial charge in [-0.15, -0.1) is 12.4 Å². The van der Waals surface area contributed by atoms with Gasteiger partial charge in [0.05, 0.1) is 6.04 Å². The van der Waals surface area contributed by atoms with Crippen molar-refractivity contribution < 1.29 is 13.9 Å². The molecule has 6 heteroatoms. The fraction of sp³-hybridized carbons (Fsp3) is 0.389. The number of aryl methyl sites for hydroxylation is 2. The lowest BCUT2D eigenvalue weighted by Crippen LogP contribution is -2.36. The standard InChI is InChI=1S/C18H24N2O3.ClH/c1-13-5-8-15(9-6-13)22-12-18(21)19-11-16(20(3)4)17-10-7-14(2)23-17;/h5-10,16H,11-12H2,1-4H3,(H,19,21);1H. The second-order valence-corrected chi connectivity index (χ2v) is 5.83. The molecular weight excluding hydrogens is 328 g/mol. The first-order valence-electron chi connectivity index (χ1n) is 7.64. The minimum Gasteiger partial charge on any atom is -0.484 e. The van der Waals surface area contributed by atoms with Gasteiger partial charge in [0, 0.05) is 6.54 Å². The molecule has 132 valence electrons. The van der Waals surface area contributed by atoms with Gasteiger partial charge in [-0.3, -0.25) is 9.69 Å². The Morgan fingerprint density at radius 3 is 2.38 bits per heavy atom. The number of halogens is 1. The van der Waals surface area contributed by atoms with Crippen molar-refractivity contribution in [1.82, 2.24) is 10.2 Å². The van der Waals surface area contributed by atoms with E-state index in [0.29, 0.717) is 12.3 Å². The number of nitrogens with one attached hydrogen (secondary N) is 1. The number of rotatable bonds is 7. The Labute approximate surface area is 149 Å². The molecule has 1 unspecified atom stereocenters. The summed E-state index contributed by atoms with van der Waals surface area (Å²) in [5.74, 6) is 2.24. The first-order chi connectivity index (χ1) is 11.0. The van der Waals surface area contributed by atoms with Crippen molar-refractivity contribution in [3.63, 3.8) is 0 Å². The number of amides is 1. The number of hydrogen-bond acceptors (Lipinski definition) is 4. The summed E-state index contributed by atoms with van der Waals surface area (Å²) >= 11 is 0. The second kappa shape index (κ2) is 9.35. The number of carbonyl (C=O) groups is 1. The van der Waals surface area contributed by atoms with E-state index in [0.717, 1.165) is 17.1 Å². The molecule has 5 nitrogen and oxygen atoms in total. The maximum absolute atomic E-state index is 12.0. The molecule has 1 aromatic carbocycles. The maximum atomic E-state index is 12.0. The van der Waals surface area contributed by atoms with Crippen LogP contribution in [0.15, 0.2) is 40.8 Å². The van der Waals surface area contributed by atoms with Crippen molar-refractivity contribution in [2.45, 2.75) is 19.9 Å². The van der Waals surface area contributed by atoms with E-state index >= 15 is 0 Å². The van der Waals surface area contributed by atoms with Crippen LogP contribution in [0.25, 0.3) is 0 Å². The van der Waals surface area contributed by atoms with Crippen LogP contribution >= 0.6 is 12.4 Å². The zero-order valence-corrected chi connectivity index (χ0v) is 15.4. The Hall–Kier alpha value is -1.98. The van der Waals surface area contributed by atoms with E-state index < -0.39 is 0 Å². The van der Waals surface area contributed by atoms with E-state index in [9.17, 15) is 4.79 Å². The fourth-order valence-electron chi connectivity index (χ4n) is 2.22. The smallest absolute Gasteiger partial charge is 0.258 e. The van der Waals surface area contributed by atoms with Crippen LogP contribution in [0, 0.1) is 13.8 Å². The van der Waals surface area contributed by atoms with E-state index in [2.05, 4.69) is 5.32 Å². The first-order valence-corrected chi connectivity index (χ1v) is 7.64. The average molecular weight is 353 g/mol. The molecular formula is C18H25ClN2O3. The Kier molecular flexibility index (Phi) is 7.82. The molecule has 1 atom stereocenters. The van der Waals surface area contributed by atoms with Crippen molar-refractivity contribution in [3.05, 3.63) is 53.5 Å². The van der Waals surface area contributed by atoms with Crippen molar-refractivity contribution in [2.75, 3.05) is 27.2 Å². The van der Waals surface area contributed by atoms with E-state index in [1.54, 1.807) is 0 Å². The van der Waals surface area contributed by atoms with Crippen molar-refractivity contribution in [1.29, 1.82) is 0 Å². The molecule has 0 saturated carbocycles. The topological polar surface area (TPSA) is 54.7 Å². The summed E-state index contributed by atoms with van der Waals surface area (Å²) in [4.78, 5) is 14.0. The molecule has 0 saturated heterocycles. The molecule has 1 N–H and O–H groups in total. The van der Waals surface area contributed by atoms with Gasteiger partial charge in [0.2, 0.25) is 0 Å². The molecule has 2 aromatic rings. The molecule has 0 bridgehead atoms. The van der Waals surface area contributed by atoms with Gasteiger partial charge in [0.25, 0.3) is 5.91 Å². The predicted molar refractivity (Wildman–Crippen MR) is 96.8 cm³/mol. The number of hydrogen-bond donors (Lipinski definition) is 1. The van der Waals surface area contributed by atoms with Gasteiger partial charge in [0.1, 0.15) is 17.3 Å². The average Bonchev–Trinajstić information content (AvgIpc) is 2.93. The van der Waals surface area contributed by atoms with Gasteiger partial charge in [-0.1, -0.05) is 17.7 Å². The largest absolute Gasteiger partial charge is 0.484 e. The normalized spacial score (nSPS) is 11.7. The Morgan fingerprint density at radius 2 is 1.83 bits per heavy atom. The molecule has 1 heterocycles.